The first-order chi connectivity index (χ1) is 17.5. The molecule has 3 N–H and O–H groups in total. The van der Waals surface area contributed by atoms with Crippen molar-refractivity contribution in [2.75, 3.05) is 17.6 Å². The third kappa shape index (κ3) is 7.39. The summed E-state index contributed by atoms with van der Waals surface area (Å²) < 4.78 is 5.29. The predicted molar refractivity (Wildman–Crippen MR) is 148 cm³/mol. The monoisotopic (exact) mass is 523 g/mol. The lowest BCUT2D eigenvalue weighted by Gasteiger charge is -2.33. The normalized spacial score (nSPS) is 12.9. The predicted octanol–water partition coefficient (Wildman–Crippen LogP) is 4.90. The summed E-state index contributed by atoms with van der Waals surface area (Å²) in [6.45, 7) is 7.09. The number of nitrogens with one attached hydrogen (secondary N) is 2. The average Bonchev–Trinajstić information content (AvgIpc) is 2.85. The van der Waals surface area contributed by atoms with E-state index < -0.39 is 35.6 Å². The van der Waals surface area contributed by atoms with Crippen LogP contribution in [-0.2, 0) is 14.3 Å². The Kier molecular flexibility index (Phi) is 9.04. The van der Waals surface area contributed by atoms with Crippen LogP contribution in [0.3, 0.4) is 0 Å². The Morgan fingerprint density at radius 1 is 1.00 bits per heavy atom. The summed E-state index contributed by atoms with van der Waals surface area (Å²) in [6.07, 6.45) is -0.752. The molecule has 196 valence electrons. The molecule has 0 aliphatic rings. The molecular formula is C28H33N3O5S. The molecule has 3 amide bonds. The van der Waals surface area contributed by atoms with E-state index >= 15 is 0 Å². The van der Waals surface area contributed by atoms with Crippen LogP contribution < -0.4 is 10.6 Å². The Morgan fingerprint density at radius 2 is 1.65 bits per heavy atom. The third-order valence-electron chi connectivity index (χ3n) is 5.58. The first-order valence-electron chi connectivity index (χ1n) is 12.0. The van der Waals surface area contributed by atoms with Crippen molar-refractivity contribution < 1.29 is 24.2 Å². The van der Waals surface area contributed by atoms with Crippen molar-refractivity contribution in [3.63, 3.8) is 0 Å². The number of hydrogen-bond donors (Lipinski definition) is 4. The van der Waals surface area contributed by atoms with Crippen LogP contribution >= 0.6 is 12.6 Å². The maximum absolute atomic E-state index is 13.7. The van der Waals surface area contributed by atoms with Crippen LogP contribution in [0, 0.1) is 0 Å². The van der Waals surface area contributed by atoms with Crippen LogP contribution in [0.5, 0.6) is 5.75 Å². The van der Waals surface area contributed by atoms with E-state index in [1.54, 1.807) is 45.9 Å². The zero-order valence-corrected chi connectivity index (χ0v) is 22.3. The number of phenolic OH excluding ortho intramolecular Hbond substituents is 1. The molecular weight excluding hydrogens is 490 g/mol. The lowest BCUT2D eigenvalue weighted by atomic mass is 10.0. The largest absolute Gasteiger partial charge is 0.508 e. The van der Waals surface area contributed by atoms with Crippen molar-refractivity contribution >= 4 is 47.0 Å². The fourth-order valence-corrected chi connectivity index (χ4v) is 4.16. The summed E-state index contributed by atoms with van der Waals surface area (Å²) in [5.41, 5.74) is 0.336. The van der Waals surface area contributed by atoms with Crippen molar-refractivity contribution in [2.24, 2.45) is 0 Å². The Hall–Kier alpha value is -3.72. The van der Waals surface area contributed by atoms with Crippen LogP contribution in [0.2, 0.25) is 0 Å². The number of hydrogen-bond acceptors (Lipinski definition) is 6. The third-order valence-corrected chi connectivity index (χ3v) is 5.95. The highest BCUT2D eigenvalue weighted by Crippen LogP contribution is 2.27. The summed E-state index contributed by atoms with van der Waals surface area (Å²) >= 11 is 4.26. The van der Waals surface area contributed by atoms with Crippen LogP contribution in [0.1, 0.15) is 39.3 Å². The van der Waals surface area contributed by atoms with Gasteiger partial charge in [0.15, 0.2) is 0 Å². The first-order valence-corrected chi connectivity index (χ1v) is 12.6. The number of phenols is 1. The number of ether oxygens (including phenoxy) is 1. The van der Waals surface area contributed by atoms with Gasteiger partial charge in [0.2, 0.25) is 5.91 Å². The molecule has 0 heterocycles. The number of carbonyl (C=O) groups is 3. The van der Waals surface area contributed by atoms with Gasteiger partial charge in [0, 0.05) is 18.0 Å². The Morgan fingerprint density at radius 3 is 2.24 bits per heavy atom. The van der Waals surface area contributed by atoms with E-state index in [2.05, 4.69) is 23.3 Å². The van der Waals surface area contributed by atoms with Crippen LogP contribution in [0.25, 0.3) is 10.8 Å². The molecule has 3 aromatic rings. The topological polar surface area (TPSA) is 108 Å². The molecule has 0 fully saturated rings. The maximum atomic E-state index is 13.7. The van der Waals surface area contributed by atoms with Gasteiger partial charge in [-0.3, -0.25) is 9.59 Å². The van der Waals surface area contributed by atoms with Crippen molar-refractivity contribution in [2.45, 2.75) is 45.4 Å². The molecule has 0 aromatic heterocycles. The smallest absolute Gasteiger partial charge is 0.408 e. The molecule has 0 saturated heterocycles. The number of benzene rings is 3. The number of anilines is 1. The molecule has 0 bridgehead atoms. The molecule has 8 nitrogen and oxygen atoms in total. The van der Waals surface area contributed by atoms with Gasteiger partial charge < -0.3 is 25.4 Å². The molecule has 3 aromatic carbocycles. The van der Waals surface area contributed by atoms with Gasteiger partial charge in [-0.15, -0.1) is 0 Å². The number of fused-ring (bicyclic) bond motifs is 1. The Balaban J connectivity index is 1.92. The number of alkyl carbamates (subject to hydrolysis) is 1. The van der Waals surface area contributed by atoms with E-state index in [1.165, 1.54) is 17.0 Å². The minimum atomic E-state index is -1.03. The summed E-state index contributed by atoms with van der Waals surface area (Å²) in [6, 6.07) is 17.4. The number of thiol groups is 1. The van der Waals surface area contributed by atoms with E-state index in [0.717, 1.165) is 10.8 Å². The van der Waals surface area contributed by atoms with Gasteiger partial charge in [-0.25, -0.2) is 4.79 Å². The minimum Gasteiger partial charge on any atom is -0.508 e. The standard InChI is InChI=1S/C28H33N3O5S/c1-5-31(26(34)23(17-37)30-27(35)36-28(2,3)4)24(19-11-14-22(32)15-12-19)25(33)29-21-13-10-18-8-6-7-9-20(18)16-21/h6-16,23-24,32,37H,5,17H2,1-4H3,(H,29,33)(H,30,35). The summed E-state index contributed by atoms with van der Waals surface area (Å²) in [7, 11) is 0. The quantitative estimate of drug-likeness (QED) is 0.314. The molecule has 0 aliphatic heterocycles. The van der Waals surface area contributed by atoms with Crippen LogP contribution in [0.4, 0.5) is 10.5 Å². The molecule has 37 heavy (non-hydrogen) atoms. The average molecular weight is 524 g/mol. The van der Waals surface area contributed by atoms with E-state index in [0.29, 0.717) is 11.3 Å². The molecule has 3 rings (SSSR count). The van der Waals surface area contributed by atoms with E-state index in [9.17, 15) is 19.5 Å². The maximum Gasteiger partial charge on any atom is 0.408 e. The van der Waals surface area contributed by atoms with Crippen molar-refractivity contribution in [3.8, 4) is 5.75 Å². The molecule has 0 aliphatic carbocycles. The van der Waals surface area contributed by atoms with Crippen molar-refractivity contribution in [1.29, 1.82) is 0 Å². The van der Waals surface area contributed by atoms with Gasteiger partial charge in [-0.1, -0.05) is 42.5 Å². The second-order valence-electron chi connectivity index (χ2n) is 9.55. The van der Waals surface area contributed by atoms with E-state index in [-0.39, 0.29) is 18.0 Å². The molecule has 0 spiro atoms. The summed E-state index contributed by atoms with van der Waals surface area (Å²) in [5, 5.41) is 17.3. The SMILES string of the molecule is CCN(C(=O)C(CS)NC(=O)OC(C)(C)C)C(C(=O)Nc1ccc2ccccc2c1)c1ccc(O)cc1. The van der Waals surface area contributed by atoms with Gasteiger partial charge in [-0.05, 0) is 68.3 Å². The fourth-order valence-electron chi connectivity index (χ4n) is 3.91. The van der Waals surface area contributed by atoms with Gasteiger partial charge >= 0.3 is 6.09 Å². The molecule has 0 saturated carbocycles. The van der Waals surface area contributed by atoms with Crippen molar-refractivity contribution in [3.05, 3.63) is 72.3 Å². The number of rotatable bonds is 8. The van der Waals surface area contributed by atoms with Crippen LogP contribution in [-0.4, -0.2) is 51.9 Å². The zero-order chi connectivity index (χ0) is 27.2. The fraction of sp³-hybridized carbons (Fsp3) is 0.321. The summed E-state index contributed by atoms with van der Waals surface area (Å²) in [5.74, 6) is -0.892. The molecule has 2 unspecified atom stereocenters. The number of carbonyl (C=O) groups excluding carboxylic acids is 3. The van der Waals surface area contributed by atoms with E-state index in [1.807, 2.05) is 36.4 Å². The zero-order valence-electron chi connectivity index (χ0n) is 21.4. The molecule has 9 heteroatoms. The van der Waals surface area contributed by atoms with Crippen molar-refractivity contribution in [1.82, 2.24) is 10.2 Å². The number of amides is 3. The number of likely N-dealkylation sites (N-methyl/N-ethyl adjacent to an activating group) is 1. The lowest BCUT2D eigenvalue weighted by molar-refractivity contribution is -0.140. The second kappa shape index (κ2) is 12.0. The van der Waals surface area contributed by atoms with E-state index in [4.69, 9.17) is 4.74 Å². The lowest BCUT2D eigenvalue weighted by Crippen LogP contribution is -2.53. The van der Waals surface area contributed by atoms with Gasteiger partial charge in [0.25, 0.3) is 5.91 Å². The Bertz CT molecular complexity index is 1260. The highest BCUT2D eigenvalue weighted by molar-refractivity contribution is 7.80. The van der Waals surface area contributed by atoms with Gasteiger partial charge in [-0.2, -0.15) is 12.6 Å². The van der Waals surface area contributed by atoms with Gasteiger partial charge in [0.05, 0.1) is 0 Å². The minimum absolute atomic E-state index is 0.00314. The van der Waals surface area contributed by atoms with Gasteiger partial charge in [0.1, 0.15) is 23.4 Å². The van der Waals surface area contributed by atoms with Crippen LogP contribution in [0.15, 0.2) is 66.7 Å². The Labute approximate surface area is 222 Å². The number of nitrogens with zero attached hydrogens (tertiary/aromatic N) is 1. The second-order valence-corrected chi connectivity index (χ2v) is 9.92. The first kappa shape index (κ1) is 27.9. The highest BCUT2D eigenvalue weighted by Gasteiger charge is 2.35. The molecule has 0 radical (unpaired) electrons. The summed E-state index contributed by atoms with van der Waals surface area (Å²) in [4.78, 5) is 41.0. The molecule has 2 atom stereocenters. The number of aromatic hydroxyl groups is 1. The highest BCUT2D eigenvalue weighted by atomic mass is 32.1.